The average Bonchev–Trinajstić information content (AvgIpc) is 3.60. The lowest BCUT2D eigenvalue weighted by Gasteiger charge is -2.34. The van der Waals surface area contributed by atoms with Crippen LogP contribution >= 0.6 is 22.9 Å². The van der Waals surface area contributed by atoms with E-state index >= 15 is 0 Å². The van der Waals surface area contributed by atoms with E-state index in [9.17, 15) is 9.59 Å². The van der Waals surface area contributed by atoms with Gasteiger partial charge >= 0.3 is 0 Å². The molecule has 3 aromatic heterocycles. The third-order valence-electron chi connectivity index (χ3n) is 7.23. The predicted octanol–water partition coefficient (Wildman–Crippen LogP) is 4.37. The molecule has 204 valence electrons. The Morgan fingerprint density at radius 2 is 1.89 bits per heavy atom. The summed E-state index contributed by atoms with van der Waals surface area (Å²) in [6, 6.07) is 9.60. The SMILES string of the molecule is CC(C)N1CCC(NC(=O)c2ccc(C(=O)N3CCCOCC3)n2Cc2cc(-c3ccc(Cl)s3)on2)CC1. The molecule has 0 bridgehead atoms. The molecule has 2 fully saturated rings. The first-order valence-electron chi connectivity index (χ1n) is 13.2. The number of rotatable bonds is 7. The number of carbonyl (C=O) groups excluding carboxylic acids is 2. The third kappa shape index (κ3) is 6.14. The van der Waals surface area contributed by atoms with Gasteiger partial charge in [-0.2, -0.15) is 0 Å². The molecule has 0 aliphatic carbocycles. The summed E-state index contributed by atoms with van der Waals surface area (Å²) in [4.78, 5) is 32.2. The van der Waals surface area contributed by atoms with Crippen molar-refractivity contribution in [2.45, 2.75) is 51.7 Å². The highest BCUT2D eigenvalue weighted by Crippen LogP contribution is 2.31. The number of aromatic nitrogens is 2. The van der Waals surface area contributed by atoms with E-state index in [1.807, 2.05) is 18.2 Å². The molecule has 2 aliphatic rings. The van der Waals surface area contributed by atoms with Crippen molar-refractivity contribution in [3.05, 3.63) is 51.7 Å². The van der Waals surface area contributed by atoms with Gasteiger partial charge in [-0.3, -0.25) is 9.59 Å². The maximum atomic E-state index is 13.6. The Hall–Kier alpha value is -2.66. The van der Waals surface area contributed by atoms with Crippen molar-refractivity contribution in [3.8, 4) is 10.6 Å². The van der Waals surface area contributed by atoms with Crippen LogP contribution in [0.4, 0.5) is 0 Å². The van der Waals surface area contributed by atoms with Crippen molar-refractivity contribution in [2.75, 3.05) is 39.4 Å². The number of carbonyl (C=O) groups is 2. The molecular formula is C27H34ClN5O4S. The Labute approximate surface area is 231 Å². The van der Waals surface area contributed by atoms with Gasteiger partial charge in [-0.05, 0) is 57.4 Å². The van der Waals surface area contributed by atoms with Crippen molar-refractivity contribution in [3.63, 3.8) is 0 Å². The lowest BCUT2D eigenvalue weighted by molar-refractivity contribution is 0.0730. The zero-order valence-corrected chi connectivity index (χ0v) is 23.4. The second-order valence-electron chi connectivity index (χ2n) is 10.1. The molecule has 3 aromatic rings. The van der Waals surface area contributed by atoms with Gasteiger partial charge in [0.25, 0.3) is 11.8 Å². The summed E-state index contributed by atoms with van der Waals surface area (Å²) >= 11 is 7.49. The Kier molecular flexibility index (Phi) is 8.52. The first-order chi connectivity index (χ1) is 18.4. The van der Waals surface area contributed by atoms with E-state index in [-0.39, 0.29) is 24.4 Å². The van der Waals surface area contributed by atoms with E-state index in [2.05, 4.69) is 29.2 Å². The first kappa shape index (κ1) is 26.9. The Balaban J connectivity index is 1.38. The molecule has 2 saturated heterocycles. The summed E-state index contributed by atoms with van der Waals surface area (Å²) in [6.45, 7) is 8.83. The molecule has 11 heteroatoms. The predicted molar refractivity (Wildman–Crippen MR) is 147 cm³/mol. The van der Waals surface area contributed by atoms with Crippen LogP contribution in [-0.2, 0) is 11.3 Å². The smallest absolute Gasteiger partial charge is 0.270 e. The highest BCUT2D eigenvalue weighted by molar-refractivity contribution is 7.19. The summed E-state index contributed by atoms with van der Waals surface area (Å²) in [5.74, 6) is 0.304. The molecule has 0 aromatic carbocycles. The van der Waals surface area contributed by atoms with E-state index in [1.165, 1.54) is 11.3 Å². The second kappa shape index (κ2) is 12.0. The van der Waals surface area contributed by atoms with Crippen LogP contribution in [0.1, 0.15) is 59.8 Å². The zero-order valence-electron chi connectivity index (χ0n) is 21.8. The van der Waals surface area contributed by atoms with Crippen LogP contribution in [0.25, 0.3) is 10.6 Å². The van der Waals surface area contributed by atoms with Crippen LogP contribution in [0.5, 0.6) is 0 Å². The molecule has 5 heterocycles. The zero-order chi connectivity index (χ0) is 26.6. The van der Waals surface area contributed by atoms with Crippen molar-refractivity contribution < 1.29 is 18.8 Å². The van der Waals surface area contributed by atoms with Crippen molar-refractivity contribution in [2.24, 2.45) is 0 Å². The lowest BCUT2D eigenvalue weighted by Crippen LogP contribution is -2.47. The van der Waals surface area contributed by atoms with Crippen LogP contribution in [0.2, 0.25) is 4.34 Å². The Morgan fingerprint density at radius 3 is 2.63 bits per heavy atom. The molecule has 5 rings (SSSR count). The van der Waals surface area contributed by atoms with Gasteiger partial charge in [-0.1, -0.05) is 16.8 Å². The number of thiophene rings is 1. The number of amides is 2. The number of hydrogen-bond acceptors (Lipinski definition) is 7. The van der Waals surface area contributed by atoms with Gasteiger partial charge in [0.05, 0.1) is 22.4 Å². The molecule has 0 unspecified atom stereocenters. The van der Waals surface area contributed by atoms with Crippen LogP contribution in [-0.4, -0.2) is 82.8 Å². The Bertz CT molecular complexity index is 1250. The van der Waals surface area contributed by atoms with E-state index in [1.54, 1.807) is 21.6 Å². The maximum Gasteiger partial charge on any atom is 0.270 e. The van der Waals surface area contributed by atoms with E-state index in [0.717, 1.165) is 37.2 Å². The standard InChI is InChI=1S/C27H34ClN5O4S/c1-18(2)31-11-8-19(9-12-31)29-26(34)21-4-5-22(27(35)32-10-3-14-36-15-13-32)33(21)17-20-16-23(37-30-20)24-6-7-25(28)38-24/h4-7,16,18-19H,3,8-15,17H2,1-2H3,(H,29,34). The van der Waals surface area contributed by atoms with Gasteiger partial charge in [0.1, 0.15) is 17.1 Å². The molecule has 1 N–H and O–H groups in total. The van der Waals surface area contributed by atoms with Gasteiger partial charge in [0.2, 0.25) is 0 Å². The van der Waals surface area contributed by atoms with Crippen molar-refractivity contribution >= 4 is 34.8 Å². The quantitative estimate of drug-likeness (QED) is 0.462. The fourth-order valence-electron chi connectivity index (χ4n) is 5.06. The number of piperidine rings is 1. The number of hydrogen-bond donors (Lipinski definition) is 1. The topological polar surface area (TPSA) is 92.8 Å². The maximum absolute atomic E-state index is 13.6. The highest BCUT2D eigenvalue weighted by atomic mass is 35.5. The molecule has 38 heavy (non-hydrogen) atoms. The number of nitrogens with zero attached hydrogens (tertiary/aromatic N) is 4. The summed E-state index contributed by atoms with van der Waals surface area (Å²) in [7, 11) is 0. The highest BCUT2D eigenvalue weighted by Gasteiger charge is 2.27. The van der Waals surface area contributed by atoms with E-state index in [4.69, 9.17) is 20.9 Å². The molecule has 0 atom stereocenters. The van der Waals surface area contributed by atoms with Gasteiger partial charge in [-0.25, -0.2) is 0 Å². The van der Waals surface area contributed by atoms with Crippen molar-refractivity contribution in [1.29, 1.82) is 0 Å². The van der Waals surface area contributed by atoms with Crippen LogP contribution in [0.3, 0.4) is 0 Å². The third-order valence-corrected chi connectivity index (χ3v) is 8.48. The van der Waals surface area contributed by atoms with Crippen LogP contribution < -0.4 is 5.32 Å². The van der Waals surface area contributed by atoms with Gasteiger partial charge in [0.15, 0.2) is 5.76 Å². The largest absolute Gasteiger partial charge is 0.380 e. The molecule has 0 spiro atoms. The Morgan fingerprint density at radius 1 is 1.11 bits per heavy atom. The molecule has 0 saturated carbocycles. The molecular weight excluding hydrogens is 526 g/mol. The first-order valence-corrected chi connectivity index (χ1v) is 14.4. The molecule has 2 amide bonds. The van der Waals surface area contributed by atoms with E-state index in [0.29, 0.717) is 59.5 Å². The molecule has 9 nitrogen and oxygen atoms in total. The second-order valence-corrected chi connectivity index (χ2v) is 11.8. The summed E-state index contributed by atoms with van der Waals surface area (Å²) in [5, 5.41) is 7.44. The normalized spacial score (nSPS) is 17.6. The molecule has 0 radical (unpaired) electrons. The fraction of sp³-hybridized carbons (Fsp3) is 0.519. The summed E-state index contributed by atoms with van der Waals surface area (Å²) < 4.78 is 13.5. The van der Waals surface area contributed by atoms with Gasteiger partial charge < -0.3 is 28.9 Å². The van der Waals surface area contributed by atoms with Crippen LogP contribution in [0.15, 0.2) is 34.9 Å². The summed E-state index contributed by atoms with van der Waals surface area (Å²) in [5.41, 5.74) is 1.51. The summed E-state index contributed by atoms with van der Waals surface area (Å²) in [6.07, 6.45) is 2.59. The minimum absolute atomic E-state index is 0.102. The monoisotopic (exact) mass is 559 g/mol. The fourth-order valence-corrected chi connectivity index (χ4v) is 6.06. The average molecular weight is 560 g/mol. The lowest BCUT2D eigenvalue weighted by atomic mass is 10.0. The minimum Gasteiger partial charge on any atom is -0.380 e. The minimum atomic E-state index is -0.181. The van der Waals surface area contributed by atoms with E-state index < -0.39 is 0 Å². The van der Waals surface area contributed by atoms with Gasteiger partial charge in [-0.15, -0.1) is 11.3 Å². The molecule has 2 aliphatic heterocycles. The number of likely N-dealkylation sites (tertiary alicyclic amines) is 1. The van der Waals surface area contributed by atoms with Crippen molar-refractivity contribution in [1.82, 2.24) is 24.8 Å². The number of nitrogens with one attached hydrogen (secondary N) is 1. The number of ether oxygens (including phenoxy) is 1. The van der Waals surface area contributed by atoms with Crippen LogP contribution in [0, 0.1) is 0 Å². The van der Waals surface area contributed by atoms with Gasteiger partial charge in [0, 0.05) is 50.9 Å². The number of halogens is 1.